The number of methoxy groups -OCH3 is 2. The highest BCUT2D eigenvalue weighted by Crippen LogP contribution is 2.31. The van der Waals surface area contributed by atoms with E-state index in [1.165, 1.54) is 7.11 Å². The Hall–Kier alpha value is -2.73. The molecule has 6 nitrogen and oxygen atoms in total. The number of nitrogens with zero attached hydrogens (tertiary/aromatic N) is 1. The third-order valence-electron chi connectivity index (χ3n) is 4.29. The van der Waals surface area contributed by atoms with Crippen molar-refractivity contribution in [1.82, 2.24) is 0 Å². The summed E-state index contributed by atoms with van der Waals surface area (Å²) < 4.78 is 10.4. The zero-order chi connectivity index (χ0) is 18.7. The van der Waals surface area contributed by atoms with Crippen molar-refractivity contribution in [2.45, 2.75) is 6.42 Å². The highest BCUT2D eigenvalue weighted by Gasteiger charge is 2.35. The van der Waals surface area contributed by atoms with E-state index in [4.69, 9.17) is 21.1 Å². The molecule has 0 aromatic heterocycles. The van der Waals surface area contributed by atoms with Gasteiger partial charge in [-0.2, -0.15) is 0 Å². The summed E-state index contributed by atoms with van der Waals surface area (Å²) in [6.07, 6.45) is 0.168. The summed E-state index contributed by atoms with van der Waals surface area (Å²) in [6.45, 7) is 0.333. The molecule has 1 saturated heterocycles. The van der Waals surface area contributed by atoms with Crippen molar-refractivity contribution in [3.8, 4) is 11.5 Å². The van der Waals surface area contributed by atoms with E-state index in [-0.39, 0.29) is 18.2 Å². The number of hydrogen-bond acceptors (Lipinski definition) is 4. The maximum absolute atomic E-state index is 12.6. The molecule has 26 heavy (non-hydrogen) atoms. The van der Waals surface area contributed by atoms with E-state index in [1.54, 1.807) is 54.5 Å². The van der Waals surface area contributed by atoms with E-state index in [9.17, 15) is 9.59 Å². The van der Waals surface area contributed by atoms with Gasteiger partial charge in [-0.3, -0.25) is 9.59 Å². The first-order chi connectivity index (χ1) is 12.5. The first-order valence-corrected chi connectivity index (χ1v) is 8.48. The number of benzene rings is 2. The zero-order valence-electron chi connectivity index (χ0n) is 14.5. The highest BCUT2D eigenvalue weighted by molar-refractivity contribution is 6.30. The fraction of sp³-hybridized carbons (Fsp3) is 0.263. The maximum Gasteiger partial charge on any atom is 0.229 e. The number of rotatable bonds is 5. The molecular weight excluding hydrogens is 356 g/mol. The summed E-state index contributed by atoms with van der Waals surface area (Å²) in [5, 5.41) is 3.44. The van der Waals surface area contributed by atoms with E-state index < -0.39 is 5.92 Å². The van der Waals surface area contributed by atoms with E-state index in [1.807, 2.05) is 0 Å². The summed E-state index contributed by atoms with van der Waals surface area (Å²) in [5.74, 6) is 0.388. The lowest BCUT2D eigenvalue weighted by molar-refractivity contribution is -0.122. The van der Waals surface area contributed by atoms with Crippen LogP contribution in [0.2, 0.25) is 5.02 Å². The highest BCUT2D eigenvalue weighted by atomic mass is 35.5. The average molecular weight is 375 g/mol. The molecule has 0 saturated carbocycles. The molecule has 2 aromatic rings. The molecule has 1 heterocycles. The average Bonchev–Trinajstić information content (AvgIpc) is 3.04. The van der Waals surface area contributed by atoms with Crippen LogP contribution < -0.4 is 19.7 Å². The Morgan fingerprint density at radius 2 is 1.81 bits per heavy atom. The fourth-order valence-corrected chi connectivity index (χ4v) is 3.04. The molecular formula is C19H19ClN2O4. The van der Waals surface area contributed by atoms with Crippen LogP contribution in [0.25, 0.3) is 0 Å². The standard InChI is InChI=1S/C19H19ClN2O4/c1-25-16-8-5-14(10-17(16)26-2)21-19(24)12-9-18(23)22(11-12)15-6-3-13(20)4-7-15/h3-8,10,12H,9,11H2,1-2H3,(H,21,24). The monoisotopic (exact) mass is 374 g/mol. The summed E-state index contributed by atoms with van der Waals surface area (Å²) >= 11 is 5.88. The molecule has 1 unspecified atom stereocenters. The van der Waals surface area contributed by atoms with Crippen LogP contribution in [0.1, 0.15) is 6.42 Å². The van der Waals surface area contributed by atoms with Crippen LogP contribution in [0.5, 0.6) is 11.5 Å². The Bertz CT molecular complexity index is 823. The molecule has 2 aromatic carbocycles. The number of nitrogens with one attached hydrogen (secondary N) is 1. The van der Waals surface area contributed by atoms with Gasteiger partial charge in [0.15, 0.2) is 11.5 Å². The van der Waals surface area contributed by atoms with E-state index >= 15 is 0 Å². The van der Waals surface area contributed by atoms with E-state index in [0.717, 1.165) is 5.69 Å². The predicted octanol–water partition coefficient (Wildman–Crippen LogP) is 3.35. The molecule has 0 bridgehead atoms. The molecule has 0 radical (unpaired) electrons. The fourth-order valence-electron chi connectivity index (χ4n) is 2.91. The van der Waals surface area contributed by atoms with Gasteiger partial charge in [0.2, 0.25) is 11.8 Å². The first kappa shape index (κ1) is 18.1. The van der Waals surface area contributed by atoms with Crippen LogP contribution in [-0.2, 0) is 9.59 Å². The largest absolute Gasteiger partial charge is 0.493 e. The van der Waals surface area contributed by atoms with Crippen molar-refractivity contribution < 1.29 is 19.1 Å². The minimum absolute atomic E-state index is 0.0835. The minimum Gasteiger partial charge on any atom is -0.493 e. The molecule has 1 aliphatic rings. The van der Waals surface area contributed by atoms with Crippen molar-refractivity contribution in [3.05, 3.63) is 47.5 Å². The zero-order valence-corrected chi connectivity index (χ0v) is 15.2. The third-order valence-corrected chi connectivity index (χ3v) is 4.54. The molecule has 1 N–H and O–H groups in total. The number of halogens is 1. The van der Waals surface area contributed by atoms with Crippen LogP contribution in [0.4, 0.5) is 11.4 Å². The van der Waals surface area contributed by atoms with Gasteiger partial charge in [0.1, 0.15) is 0 Å². The Morgan fingerprint density at radius 1 is 1.12 bits per heavy atom. The van der Waals surface area contributed by atoms with Gasteiger partial charge in [0, 0.05) is 35.4 Å². The Morgan fingerprint density at radius 3 is 2.46 bits per heavy atom. The smallest absolute Gasteiger partial charge is 0.229 e. The summed E-state index contributed by atoms with van der Waals surface area (Å²) in [6, 6.07) is 12.1. The Balaban J connectivity index is 1.69. The van der Waals surface area contributed by atoms with Gasteiger partial charge in [0.25, 0.3) is 0 Å². The van der Waals surface area contributed by atoms with Gasteiger partial charge in [-0.25, -0.2) is 0 Å². The van der Waals surface area contributed by atoms with Crippen molar-refractivity contribution in [3.63, 3.8) is 0 Å². The molecule has 1 fully saturated rings. The van der Waals surface area contributed by atoms with Crippen molar-refractivity contribution >= 4 is 34.8 Å². The van der Waals surface area contributed by atoms with Gasteiger partial charge in [-0.1, -0.05) is 11.6 Å². The van der Waals surface area contributed by atoms with Crippen LogP contribution >= 0.6 is 11.6 Å². The van der Waals surface area contributed by atoms with Gasteiger partial charge >= 0.3 is 0 Å². The SMILES string of the molecule is COc1ccc(NC(=O)C2CC(=O)N(c3ccc(Cl)cc3)C2)cc1OC. The lowest BCUT2D eigenvalue weighted by Gasteiger charge is -2.17. The maximum atomic E-state index is 12.6. The third kappa shape index (κ3) is 3.75. The Kier molecular flexibility index (Phi) is 5.32. The summed E-state index contributed by atoms with van der Waals surface area (Å²) in [5.41, 5.74) is 1.32. The van der Waals surface area contributed by atoms with Crippen LogP contribution in [0.15, 0.2) is 42.5 Å². The molecule has 7 heteroatoms. The van der Waals surface area contributed by atoms with Crippen LogP contribution in [-0.4, -0.2) is 32.6 Å². The number of carbonyl (C=O) groups is 2. The van der Waals surface area contributed by atoms with Crippen molar-refractivity contribution in [2.24, 2.45) is 5.92 Å². The van der Waals surface area contributed by atoms with Gasteiger partial charge < -0.3 is 19.7 Å². The lowest BCUT2D eigenvalue weighted by atomic mass is 10.1. The van der Waals surface area contributed by atoms with Crippen molar-refractivity contribution in [1.29, 1.82) is 0 Å². The molecule has 0 spiro atoms. The van der Waals surface area contributed by atoms with Crippen molar-refractivity contribution in [2.75, 3.05) is 31.0 Å². The van der Waals surface area contributed by atoms with Gasteiger partial charge in [0.05, 0.1) is 20.1 Å². The van der Waals surface area contributed by atoms with Crippen LogP contribution in [0.3, 0.4) is 0 Å². The predicted molar refractivity (Wildman–Crippen MR) is 100 cm³/mol. The molecule has 3 rings (SSSR count). The number of anilines is 2. The second-order valence-electron chi connectivity index (χ2n) is 5.94. The summed E-state index contributed by atoms with van der Waals surface area (Å²) in [7, 11) is 3.08. The van der Waals surface area contributed by atoms with Gasteiger partial charge in [-0.15, -0.1) is 0 Å². The molecule has 0 aliphatic carbocycles. The van der Waals surface area contributed by atoms with E-state index in [2.05, 4.69) is 5.32 Å². The minimum atomic E-state index is -0.425. The molecule has 2 amide bonds. The van der Waals surface area contributed by atoms with Crippen LogP contribution in [0, 0.1) is 5.92 Å². The van der Waals surface area contributed by atoms with Gasteiger partial charge in [-0.05, 0) is 36.4 Å². The number of carbonyl (C=O) groups excluding carboxylic acids is 2. The lowest BCUT2D eigenvalue weighted by Crippen LogP contribution is -2.28. The summed E-state index contributed by atoms with van der Waals surface area (Å²) in [4.78, 5) is 26.5. The normalized spacial score (nSPS) is 16.5. The molecule has 1 atom stereocenters. The second kappa shape index (κ2) is 7.66. The number of amides is 2. The molecule has 1 aliphatic heterocycles. The second-order valence-corrected chi connectivity index (χ2v) is 6.38. The quantitative estimate of drug-likeness (QED) is 0.871. The first-order valence-electron chi connectivity index (χ1n) is 8.10. The Labute approximate surface area is 156 Å². The van der Waals surface area contributed by atoms with E-state index in [0.29, 0.717) is 28.8 Å². The topological polar surface area (TPSA) is 67.9 Å². The molecule has 136 valence electrons. The number of hydrogen-bond donors (Lipinski definition) is 1. The number of ether oxygens (including phenoxy) is 2.